The standard InChI is InChI=1S/C16H32N2/c1-11(2)16(12(3)4)9-17-14-8-13(5)18(10-14)15-6-7-15/h11-17H,6-10H2,1-5H3. The Balaban J connectivity index is 1.76. The molecule has 1 saturated heterocycles. The van der Waals surface area contributed by atoms with Gasteiger partial charge in [-0.05, 0) is 50.5 Å². The van der Waals surface area contributed by atoms with E-state index in [0.29, 0.717) is 0 Å². The monoisotopic (exact) mass is 252 g/mol. The average molecular weight is 252 g/mol. The first kappa shape index (κ1) is 14.3. The highest BCUT2D eigenvalue weighted by molar-refractivity contribution is 4.96. The molecule has 0 bridgehead atoms. The van der Waals surface area contributed by atoms with Crippen LogP contribution in [0.4, 0.5) is 0 Å². The fourth-order valence-electron chi connectivity index (χ4n) is 3.66. The number of rotatable bonds is 6. The second kappa shape index (κ2) is 5.92. The fraction of sp³-hybridized carbons (Fsp3) is 1.00. The Labute approximate surface area is 114 Å². The van der Waals surface area contributed by atoms with Gasteiger partial charge in [-0.15, -0.1) is 0 Å². The summed E-state index contributed by atoms with van der Waals surface area (Å²) in [5.74, 6) is 2.39. The predicted octanol–water partition coefficient (Wildman–Crippen LogP) is 3.13. The van der Waals surface area contributed by atoms with Gasteiger partial charge >= 0.3 is 0 Å². The molecule has 0 radical (unpaired) electrons. The van der Waals surface area contributed by atoms with Crippen LogP contribution in [-0.2, 0) is 0 Å². The van der Waals surface area contributed by atoms with Crippen molar-refractivity contribution >= 4 is 0 Å². The molecule has 1 N–H and O–H groups in total. The van der Waals surface area contributed by atoms with E-state index in [-0.39, 0.29) is 0 Å². The Bertz CT molecular complexity index is 250. The summed E-state index contributed by atoms with van der Waals surface area (Å²) in [6, 6.07) is 2.46. The molecule has 2 unspecified atom stereocenters. The second-order valence-corrected chi connectivity index (χ2v) is 7.27. The van der Waals surface area contributed by atoms with Crippen LogP contribution < -0.4 is 5.32 Å². The van der Waals surface area contributed by atoms with Crippen molar-refractivity contribution in [1.82, 2.24) is 10.2 Å². The lowest BCUT2D eigenvalue weighted by Crippen LogP contribution is -2.38. The predicted molar refractivity (Wildman–Crippen MR) is 78.8 cm³/mol. The van der Waals surface area contributed by atoms with E-state index in [1.807, 2.05) is 0 Å². The number of nitrogens with zero attached hydrogens (tertiary/aromatic N) is 1. The van der Waals surface area contributed by atoms with E-state index in [0.717, 1.165) is 35.9 Å². The van der Waals surface area contributed by atoms with Crippen LogP contribution in [0.5, 0.6) is 0 Å². The molecule has 0 aromatic heterocycles. The van der Waals surface area contributed by atoms with Gasteiger partial charge in [-0.3, -0.25) is 4.90 Å². The molecule has 0 aromatic rings. The molecule has 1 saturated carbocycles. The normalized spacial score (nSPS) is 30.0. The van der Waals surface area contributed by atoms with Gasteiger partial charge in [0.2, 0.25) is 0 Å². The second-order valence-electron chi connectivity index (χ2n) is 7.27. The average Bonchev–Trinajstić information content (AvgIpc) is 3.03. The third-order valence-electron chi connectivity index (χ3n) is 4.99. The summed E-state index contributed by atoms with van der Waals surface area (Å²) < 4.78 is 0. The third kappa shape index (κ3) is 3.48. The molecular formula is C16H32N2. The molecule has 0 spiro atoms. The van der Waals surface area contributed by atoms with Gasteiger partial charge in [0.05, 0.1) is 0 Å². The Kier molecular flexibility index (Phi) is 4.71. The number of likely N-dealkylation sites (tertiary alicyclic amines) is 1. The summed E-state index contributed by atoms with van der Waals surface area (Å²) in [4.78, 5) is 2.73. The number of nitrogens with one attached hydrogen (secondary N) is 1. The lowest BCUT2D eigenvalue weighted by atomic mass is 9.85. The molecule has 1 aliphatic heterocycles. The van der Waals surface area contributed by atoms with Crippen LogP contribution in [0.2, 0.25) is 0 Å². The molecule has 2 fully saturated rings. The van der Waals surface area contributed by atoms with Crippen molar-refractivity contribution in [2.24, 2.45) is 17.8 Å². The topological polar surface area (TPSA) is 15.3 Å². The lowest BCUT2D eigenvalue weighted by molar-refractivity contribution is 0.246. The Hall–Kier alpha value is -0.0800. The minimum atomic E-state index is 0.737. The zero-order chi connectivity index (χ0) is 13.3. The molecule has 2 heteroatoms. The third-order valence-corrected chi connectivity index (χ3v) is 4.99. The molecule has 2 nitrogen and oxygen atoms in total. The van der Waals surface area contributed by atoms with Crippen LogP contribution >= 0.6 is 0 Å². The van der Waals surface area contributed by atoms with Crippen LogP contribution in [0.15, 0.2) is 0 Å². The van der Waals surface area contributed by atoms with Crippen LogP contribution in [-0.4, -0.2) is 36.1 Å². The maximum Gasteiger partial charge on any atom is 0.0210 e. The minimum absolute atomic E-state index is 0.737. The summed E-state index contributed by atoms with van der Waals surface area (Å²) in [5.41, 5.74) is 0. The van der Waals surface area contributed by atoms with Crippen molar-refractivity contribution < 1.29 is 0 Å². The largest absolute Gasteiger partial charge is 0.312 e. The zero-order valence-corrected chi connectivity index (χ0v) is 12.9. The van der Waals surface area contributed by atoms with Gasteiger partial charge in [0.1, 0.15) is 0 Å². The number of hydrogen-bond acceptors (Lipinski definition) is 2. The molecule has 2 rings (SSSR count). The van der Waals surface area contributed by atoms with Crippen molar-refractivity contribution in [2.45, 2.75) is 72.0 Å². The molecule has 106 valence electrons. The van der Waals surface area contributed by atoms with Crippen LogP contribution in [0.3, 0.4) is 0 Å². The molecule has 18 heavy (non-hydrogen) atoms. The molecule has 0 amide bonds. The Morgan fingerprint density at radius 3 is 2.22 bits per heavy atom. The van der Waals surface area contributed by atoms with Gasteiger partial charge in [-0.1, -0.05) is 27.7 Å². The highest BCUT2D eigenvalue weighted by Crippen LogP contribution is 2.33. The van der Waals surface area contributed by atoms with Crippen molar-refractivity contribution in [3.8, 4) is 0 Å². The van der Waals surface area contributed by atoms with E-state index in [1.54, 1.807) is 0 Å². The number of hydrogen-bond donors (Lipinski definition) is 1. The summed E-state index contributed by atoms with van der Waals surface area (Å²) in [6.45, 7) is 14.3. The highest BCUT2D eigenvalue weighted by Gasteiger charge is 2.38. The maximum absolute atomic E-state index is 3.85. The minimum Gasteiger partial charge on any atom is -0.312 e. The van der Waals surface area contributed by atoms with Gasteiger partial charge in [0.25, 0.3) is 0 Å². The molecule has 1 aliphatic carbocycles. The quantitative estimate of drug-likeness (QED) is 0.781. The van der Waals surface area contributed by atoms with E-state index in [4.69, 9.17) is 0 Å². The zero-order valence-electron chi connectivity index (χ0n) is 12.9. The van der Waals surface area contributed by atoms with E-state index < -0.39 is 0 Å². The first-order valence-electron chi connectivity index (χ1n) is 7.98. The summed E-state index contributed by atoms with van der Waals surface area (Å²) in [6.07, 6.45) is 4.23. The van der Waals surface area contributed by atoms with E-state index in [2.05, 4.69) is 44.8 Å². The van der Waals surface area contributed by atoms with Crippen molar-refractivity contribution in [2.75, 3.05) is 13.1 Å². The van der Waals surface area contributed by atoms with Crippen LogP contribution in [0.1, 0.15) is 53.9 Å². The summed E-state index contributed by atoms with van der Waals surface area (Å²) in [5, 5.41) is 3.85. The van der Waals surface area contributed by atoms with Gasteiger partial charge in [-0.2, -0.15) is 0 Å². The summed E-state index contributed by atoms with van der Waals surface area (Å²) >= 11 is 0. The highest BCUT2D eigenvalue weighted by atomic mass is 15.3. The van der Waals surface area contributed by atoms with Crippen molar-refractivity contribution in [3.05, 3.63) is 0 Å². The lowest BCUT2D eigenvalue weighted by Gasteiger charge is -2.27. The molecule has 0 aromatic carbocycles. The Morgan fingerprint density at radius 2 is 1.72 bits per heavy atom. The van der Waals surface area contributed by atoms with E-state index in [1.165, 1.54) is 32.4 Å². The van der Waals surface area contributed by atoms with Crippen LogP contribution in [0.25, 0.3) is 0 Å². The van der Waals surface area contributed by atoms with E-state index >= 15 is 0 Å². The Morgan fingerprint density at radius 1 is 1.11 bits per heavy atom. The van der Waals surface area contributed by atoms with Crippen molar-refractivity contribution in [1.29, 1.82) is 0 Å². The SMILES string of the molecule is CC(C)C(CNC1CC(C)N(C2CC2)C1)C(C)C. The van der Waals surface area contributed by atoms with Gasteiger partial charge in [0.15, 0.2) is 0 Å². The maximum atomic E-state index is 3.85. The van der Waals surface area contributed by atoms with E-state index in [9.17, 15) is 0 Å². The summed E-state index contributed by atoms with van der Waals surface area (Å²) in [7, 11) is 0. The van der Waals surface area contributed by atoms with Gasteiger partial charge in [0, 0.05) is 24.7 Å². The smallest absolute Gasteiger partial charge is 0.0210 e. The van der Waals surface area contributed by atoms with Gasteiger partial charge in [-0.25, -0.2) is 0 Å². The first-order valence-corrected chi connectivity index (χ1v) is 7.98. The molecule has 1 heterocycles. The van der Waals surface area contributed by atoms with Crippen LogP contribution in [0, 0.1) is 17.8 Å². The molecule has 2 aliphatic rings. The first-order chi connectivity index (χ1) is 8.49. The fourth-order valence-corrected chi connectivity index (χ4v) is 3.66. The molecule has 2 atom stereocenters. The molecular weight excluding hydrogens is 220 g/mol. The van der Waals surface area contributed by atoms with Gasteiger partial charge < -0.3 is 5.32 Å². The van der Waals surface area contributed by atoms with Crippen molar-refractivity contribution in [3.63, 3.8) is 0 Å².